The van der Waals surface area contributed by atoms with Crippen molar-refractivity contribution in [3.05, 3.63) is 82.6 Å². The van der Waals surface area contributed by atoms with Crippen LogP contribution in [0.3, 0.4) is 0 Å². The van der Waals surface area contributed by atoms with Crippen LogP contribution in [0.5, 0.6) is 0 Å². The van der Waals surface area contributed by atoms with Gasteiger partial charge in [0.2, 0.25) is 0 Å². The highest BCUT2D eigenvalue weighted by Crippen LogP contribution is 2.38. The van der Waals surface area contributed by atoms with Crippen LogP contribution in [0.2, 0.25) is 0 Å². The molecule has 5 nitrogen and oxygen atoms in total. The van der Waals surface area contributed by atoms with Crippen molar-refractivity contribution in [2.75, 3.05) is 27.2 Å². The number of likely N-dealkylation sites (N-methyl/N-ethyl adjacent to an activating group) is 1. The van der Waals surface area contributed by atoms with Crippen molar-refractivity contribution in [1.82, 2.24) is 9.80 Å². The van der Waals surface area contributed by atoms with Crippen LogP contribution in [0.4, 0.5) is 0 Å². The third kappa shape index (κ3) is 5.23. The maximum Gasteiger partial charge on any atom is 0.290 e. The van der Waals surface area contributed by atoms with E-state index in [1.54, 1.807) is 4.90 Å². The summed E-state index contributed by atoms with van der Waals surface area (Å²) < 4.78 is 0. The summed E-state index contributed by atoms with van der Waals surface area (Å²) in [5.74, 6) is -0.669. The molecule has 1 unspecified atom stereocenters. The second kappa shape index (κ2) is 9.92. The number of hydrogen-bond donors (Lipinski definition) is 1. The molecule has 0 bridgehead atoms. The summed E-state index contributed by atoms with van der Waals surface area (Å²) in [6.07, 6.45) is 0.820. The number of hydrogen-bond acceptors (Lipinski definition) is 4. The van der Waals surface area contributed by atoms with Gasteiger partial charge in [-0.15, -0.1) is 0 Å². The SMILES string of the molecule is CC(C)c1ccc(C2C(C(=O)CCc3ccccc3)=C(O)C(=O)N2CCN(C)C)cc1. The van der Waals surface area contributed by atoms with Crippen molar-refractivity contribution in [2.45, 2.75) is 38.6 Å². The Labute approximate surface area is 185 Å². The van der Waals surface area contributed by atoms with Gasteiger partial charge in [0.05, 0.1) is 11.6 Å². The molecule has 0 spiro atoms. The molecule has 164 valence electrons. The molecular formula is C26H32N2O3. The van der Waals surface area contributed by atoms with E-state index in [1.165, 1.54) is 5.56 Å². The summed E-state index contributed by atoms with van der Waals surface area (Å²) in [5.41, 5.74) is 3.32. The molecule has 1 aliphatic rings. The van der Waals surface area contributed by atoms with Gasteiger partial charge in [0.25, 0.3) is 5.91 Å². The topological polar surface area (TPSA) is 60.9 Å². The number of rotatable bonds is 9. The molecule has 31 heavy (non-hydrogen) atoms. The smallest absolute Gasteiger partial charge is 0.290 e. The van der Waals surface area contributed by atoms with Crippen molar-refractivity contribution >= 4 is 11.7 Å². The number of nitrogens with zero attached hydrogens (tertiary/aromatic N) is 2. The van der Waals surface area contributed by atoms with Gasteiger partial charge < -0.3 is 14.9 Å². The van der Waals surface area contributed by atoms with Gasteiger partial charge in [0.1, 0.15) is 0 Å². The minimum Gasteiger partial charge on any atom is -0.503 e. The highest BCUT2D eigenvalue weighted by atomic mass is 16.3. The summed E-state index contributed by atoms with van der Waals surface area (Å²) in [7, 11) is 3.87. The van der Waals surface area contributed by atoms with Crippen LogP contribution in [-0.4, -0.2) is 53.8 Å². The maximum atomic E-state index is 13.2. The van der Waals surface area contributed by atoms with Crippen LogP contribution >= 0.6 is 0 Å². The van der Waals surface area contributed by atoms with Crippen molar-refractivity contribution in [1.29, 1.82) is 0 Å². The Morgan fingerprint density at radius 1 is 1.06 bits per heavy atom. The molecule has 0 aromatic heterocycles. The first-order chi connectivity index (χ1) is 14.8. The Balaban J connectivity index is 1.91. The van der Waals surface area contributed by atoms with Gasteiger partial charge in [-0.2, -0.15) is 0 Å². The Morgan fingerprint density at radius 2 is 1.71 bits per heavy atom. The van der Waals surface area contributed by atoms with Crippen LogP contribution in [0.25, 0.3) is 0 Å². The van der Waals surface area contributed by atoms with E-state index in [4.69, 9.17) is 0 Å². The lowest BCUT2D eigenvalue weighted by Gasteiger charge is -2.28. The zero-order valence-electron chi connectivity index (χ0n) is 18.8. The molecule has 0 saturated heterocycles. The molecule has 0 fully saturated rings. The Kier molecular flexibility index (Phi) is 7.29. The van der Waals surface area contributed by atoms with Gasteiger partial charge in [-0.1, -0.05) is 68.4 Å². The van der Waals surface area contributed by atoms with Crippen molar-refractivity contribution in [3.8, 4) is 0 Å². The fraction of sp³-hybridized carbons (Fsp3) is 0.385. The average Bonchev–Trinajstić information content (AvgIpc) is 3.01. The second-order valence-corrected chi connectivity index (χ2v) is 8.70. The maximum absolute atomic E-state index is 13.2. The van der Waals surface area contributed by atoms with Crippen molar-refractivity contribution in [3.63, 3.8) is 0 Å². The highest BCUT2D eigenvalue weighted by Gasteiger charge is 2.42. The van der Waals surface area contributed by atoms with Crippen LogP contribution in [0.1, 0.15) is 48.9 Å². The van der Waals surface area contributed by atoms with Crippen LogP contribution in [0, 0.1) is 0 Å². The van der Waals surface area contributed by atoms with E-state index < -0.39 is 17.7 Å². The number of aryl methyl sites for hydroxylation is 1. The summed E-state index contributed by atoms with van der Waals surface area (Å²) in [4.78, 5) is 29.7. The number of ketones is 1. The third-order valence-corrected chi connectivity index (χ3v) is 5.79. The lowest BCUT2D eigenvalue weighted by atomic mass is 9.91. The largest absolute Gasteiger partial charge is 0.503 e. The van der Waals surface area contributed by atoms with Gasteiger partial charge in [-0.3, -0.25) is 9.59 Å². The number of carbonyl (C=O) groups is 2. The van der Waals surface area contributed by atoms with E-state index in [1.807, 2.05) is 73.6 Å². The molecule has 1 N–H and O–H groups in total. The molecule has 0 saturated carbocycles. The van der Waals surface area contributed by atoms with Gasteiger partial charge in [0, 0.05) is 19.5 Å². The van der Waals surface area contributed by atoms with Crippen LogP contribution in [-0.2, 0) is 16.0 Å². The fourth-order valence-corrected chi connectivity index (χ4v) is 3.92. The monoisotopic (exact) mass is 420 g/mol. The lowest BCUT2D eigenvalue weighted by molar-refractivity contribution is -0.129. The summed E-state index contributed by atoms with van der Waals surface area (Å²) in [6, 6.07) is 17.2. The predicted octanol–water partition coefficient (Wildman–Crippen LogP) is 4.27. The number of Topliss-reactive ketones (excluding diaryl/α,β-unsaturated/α-hetero) is 1. The number of benzene rings is 2. The minimum absolute atomic E-state index is 0.181. The second-order valence-electron chi connectivity index (χ2n) is 8.70. The zero-order valence-corrected chi connectivity index (χ0v) is 18.8. The first kappa shape index (κ1) is 22.8. The minimum atomic E-state index is -0.558. The van der Waals surface area contributed by atoms with E-state index in [0.29, 0.717) is 25.4 Å². The molecule has 5 heteroatoms. The summed E-state index contributed by atoms with van der Waals surface area (Å²) in [6.45, 7) is 5.33. The Morgan fingerprint density at radius 3 is 2.29 bits per heavy atom. The van der Waals surface area contributed by atoms with Crippen molar-refractivity contribution in [2.24, 2.45) is 0 Å². The Bertz CT molecular complexity index is 946. The number of aliphatic hydroxyl groups excluding tert-OH is 1. The molecule has 3 rings (SSSR count). The summed E-state index contributed by atoms with van der Waals surface area (Å²) >= 11 is 0. The lowest BCUT2D eigenvalue weighted by Crippen LogP contribution is -2.36. The van der Waals surface area contributed by atoms with E-state index in [2.05, 4.69) is 13.8 Å². The van der Waals surface area contributed by atoms with Crippen LogP contribution in [0.15, 0.2) is 65.9 Å². The predicted molar refractivity (Wildman–Crippen MR) is 123 cm³/mol. The average molecular weight is 421 g/mol. The molecule has 1 amide bonds. The number of carbonyl (C=O) groups excluding carboxylic acids is 2. The first-order valence-electron chi connectivity index (χ1n) is 10.9. The summed E-state index contributed by atoms with van der Waals surface area (Å²) in [5, 5.41) is 10.7. The van der Waals surface area contributed by atoms with E-state index in [-0.39, 0.29) is 17.8 Å². The third-order valence-electron chi connectivity index (χ3n) is 5.79. The molecule has 0 aliphatic carbocycles. The molecule has 2 aromatic carbocycles. The molecule has 1 heterocycles. The molecule has 2 aromatic rings. The fourth-order valence-electron chi connectivity index (χ4n) is 3.92. The number of aliphatic hydroxyl groups is 1. The van der Waals surface area contributed by atoms with Gasteiger partial charge >= 0.3 is 0 Å². The van der Waals surface area contributed by atoms with Crippen molar-refractivity contribution < 1.29 is 14.7 Å². The quantitative estimate of drug-likeness (QED) is 0.658. The first-order valence-corrected chi connectivity index (χ1v) is 10.9. The van der Waals surface area contributed by atoms with Gasteiger partial charge in [-0.25, -0.2) is 0 Å². The standard InChI is InChI=1S/C26H32N2O3/c1-18(2)20-11-13-21(14-12-20)24-23(22(29)15-10-19-8-6-5-7-9-19)25(30)26(31)28(24)17-16-27(3)4/h5-9,11-14,18,24,30H,10,15-17H2,1-4H3. The number of amides is 1. The van der Waals surface area contributed by atoms with Gasteiger partial charge in [0.15, 0.2) is 11.5 Å². The van der Waals surface area contributed by atoms with Gasteiger partial charge in [-0.05, 0) is 43.1 Å². The van der Waals surface area contributed by atoms with E-state index >= 15 is 0 Å². The highest BCUT2D eigenvalue weighted by molar-refractivity contribution is 6.09. The normalized spacial score (nSPS) is 16.6. The molecular weight excluding hydrogens is 388 g/mol. The van der Waals surface area contributed by atoms with E-state index in [9.17, 15) is 14.7 Å². The molecule has 1 atom stereocenters. The molecule has 0 radical (unpaired) electrons. The van der Waals surface area contributed by atoms with E-state index in [0.717, 1.165) is 11.1 Å². The molecule has 1 aliphatic heterocycles. The Hall–Kier alpha value is -2.92. The zero-order chi connectivity index (χ0) is 22.5. The van der Waals surface area contributed by atoms with Crippen LogP contribution < -0.4 is 0 Å².